The van der Waals surface area contributed by atoms with Crippen LogP contribution in [0.15, 0.2) is 58.5 Å². The van der Waals surface area contributed by atoms with Crippen molar-refractivity contribution in [2.24, 2.45) is 0 Å². The van der Waals surface area contributed by atoms with Crippen molar-refractivity contribution in [3.05, 3.63) is 58.9 Å². The molecule has 0 unspecified atom stereocenters. The molecule has 0 aliphatic carbocycles. The van der Waals surface area contributed by atoms with E-state index >= 15 is 0 Å². The highest BCUT2D eigenvalue weighted by Gasteiger charge is 2.20. The van der Waals surface area contributed by atoms with Gasteiger partial charge in [-0.3, -0.25) is 14.2 Å². The van der Waals surface area contributed by atoms with Crippen LogP contribution >= 0.6 is 11.8 Å². The van der Waals surface area contributed by atoms with Gasteiger partial charge in [-0.25, -0.2) is 4.98 Å². The quantitative estimate of drug-likeness (QED) is 0.343. The largest absolute Gasteiger partial charge is 0.492 e. The summed E-state index contributed by atoms with van der Waals surface area (Å²) in [4.78, 5) is 30.2. The van der Waals surface area contributed by atoms with Gasteiger partial charge in [0.15, 0.2) is 5.16 Å². The van der Waals surface area contributed by atoms with Crippen molar-refractivity contribution in [2.45, 2.75) is 38.5 Å². The Kier molecular flexibility index (Phi) is 6.27. The predicted octanol–water partition coefficient (Wildman–Crippen LogP) is 4.22. The van der Waals surface area contributed by atoms with E-state index in [1.165, 1.54) is 16.3 Å². The number of ether oxygens (including phenoxy) is 2. The smallest absolute Gasteiger partial charge is 0.316 e. The Morgan fingerprint density at radius 3 is 2.52 bits per heavy atom. The number of thioether (sulfide) groups is 1. The van der Waals surface area contributed by atoms with E-state index in [0.717, 1.165) is 0 Å². The van der Waals surface area contributed by atoms with Gasteiger partial charge < -0.3 is 9.47 Å². The van der Waals surface area contributed by atoms with Gasteiger partial charge in [0, 0.05) is 0 Å². The third-order valence-corrected chi connectivity index (χ3v) is 4.80. The third kappa shape index (κ3) is 4.98. The van der Waals surface area contributed by atoms with Crippen LogP contribution < -0.4 is 10.3 Å². The fourth-order valence-electron chi connectivity index (χ4n) is 2.84. The van der Waals surface area contributed by atoms with Crippen molar-refractivity contribution in [1.82, 2.24) is 9.55 Å². The molecule has 0 atom stereocenters. The molecule has 152 valence electrons. The van der Waals surface area contributed by atoms with Crippen LogP contribution in [0.2, 0.25) is 0 Å². The minimum absolute atomic E-state index is 0.0405. The Morgan fingerprint density at radius 1 is 1.10 bits per heavy atom. The van der Waals surface area contributed by atoms with E-state index in [0.29, 0.717) is 34.1 Å². The first-order chi connectivity index (χ1) is 13.8. The highest BCUT2D eigenvalue weighted by atomic mass is 32.2. The number of carbonyl (C=O) groups excluding carboxylic acids is 1. The molecular weight excluding hydrogens is 388 g/mol. The molecule has 3 rings (SSSR count). The summed E-state index contributed by atoms with van der Waals surface area (Å²) >= 11 is 1.17. The molecule has 0 amide bonds. The molecule has 0 bridgehead atoms. The standard InChI is InChI=1S/C22H24N2O4S/c1-5-27-18-13-9-8-12-17(18)24-20(26)15-10-6-7-11-16(15)23-21(24)29-14-19(25)28-22(2,3)4/h6-13H,5,14H2,1-4H3. The van der Waals surface area contributed by atoms with Gasteiger partial charge in [0.25, 0.3) is 5.56 Å². The number of nitrogens with zero attached hydrogens (tertiary/aromatic N) is 2. The van der Waals surface area contributed by atoms with E-state index < -0.39 is 5.60 Å². The van der Waals surface area contributed by atoms with Crippen molar-refractivity contribution in [1.29, 1.82) is 0 Å². The van der Waals surface area contributed by atoms with Gasteiger partial charge in [0.05, 0.1) is 29.0 Å². The lowest BCUT2D eigenvalue weighted by molar-refractivity contribution is -0.151. The van der Waals surface area contributed by atoms with Crippen molar-refractivity contribution in [2.75, 3.05) is 12.4 Å². The second kappa shape index (κ2) is 8.69. The van der Waals surface area contributed by atoms with Gasteiger partial charge in [-0.15, -0.1) is 0 Å². The maximum Gasteiger partial charge on any atom is 0.316 e. The van der Waals surface area contributed by atoms with Crippen molar-refractivity contribution < 1.29 is 14.3 Å². The Morgan fingerprint density at radius 2 is 1.79 bits per heavy atom. The molecule has 2 aromatic carbocycles. The summed E-state index contributed by atoms with van der Waals surface area (Å²) in [6.45, 7) is 7.80. The second-order valence-corrected chi connectivity index (χ2v) is 8.27. The number of fused-ring (bicyclic) bond motifs is 1. The van der Waals surface area contributed by atoms with Gasteiger partial charge in [-0.2, -0.15) is 0 Å². The fourth-order valence-corrected chi connectivity index (χ4v) is 3.61. The van der Waals surface area contributed by atoms with E-state index in [4.69, 9.17) is 9.47 Å². The molecule has 0 saturated carbocycles. The molecular formula is C22H24N2O4S. The van der Waals surface area contributed by atoms with Crippen molar-refractivity contribution in [3.8, 4) is 11.4 Å². The fraction of sp³-hybridized carbons (Fsp3) is 0.318. The van der Waals surface area contributed by atoms with Crippen molar-refractivity contribution in [3.63, 3.8) is 0 Å². The lowest BCUT2D eigenvalue weighted by atomic mass is 10.2. The first kappa shape index (κ1) is 20.9. The maximum absolute atomic E-state index is 13.3. The summed E-state index contributed by atoms with van der Waals surface area (Å²) in [6, 6.07) is 14.5. The van der Waals surface area contributed by atoms with Crippen LogP contribution in [-0.2, 0) is 9.53 Å². The van der Waals surface area contributed by atoms with Crippen molar-refractivity contribution >= 4 is 28.6 Å². The number of benzene rings is 2. The number of hydrogen-bond donors (Lipinski definition) is 0. The number of esters is 1. The monoisotopic (exact) mass is 412 g/mol. The number of hydrogen-bond acceptors (Lipinski definition) is 6. The molecule has 3 aromatic rings. The number of para-hydroxylation sites is 3. The van der Waals surface area contributed by atoms with Crippen LogP contribution in [0, 0.1) is 0 Å². The van der Waals surface area contributed by atoms with Crippen LogP contribution in [0.3, 0.4) is 0 Å². The van der Waals surface area contributed by atoms with Gasteiger partial charge >= 0.3 is 5.97 Å². The molecule has 0 aliphatic rings. The summed E-state index contributed by atoms with van der Waals surface area (Å²) < 4.78 is 12.6. The Hall–Kier alpha value is -2.80. The lowest BCUT2D eigenvalue weighted by Gasteiger charge is -2.20. The van der Waals surface area contributed by atoms with E-state index in [2.05, 4.69) is 4.98 Å². The molecule has 6 nitrogen and oxygen atoms in total. The molecule has 0 saturated heterocycles. The minimum atomic E-state index is -0.574. The zero-order chi connectivity index (χ0) is 21.0. The minimum Gasteiger partial charge on any atom is -0.492 e. The highest BCUT2D eigenvalue weighted by molar-refractivity contribution is 7.99. The predicted molar refractivity (Wildman–Crippen MR) is 115 cm³/mol. The van der Waals surface area contributed by atoms with Crippen LogP contribution in [0.25, 0.3) is 16.6 Å². The molecule has 0 radical (unpaired) electrons. The van der Waals surface area contributed by atoms with Gasteiger partial charge in [0.1, 0.15) is 11.4 Å². The summed E-state index contributed by atoms with van der Waals surface area (Å²) in [5, 5.41) is 0.909. The molecule has 0 aliphatic heterocycles. The Balaban J connectivity index is 2.10. The molecule has 29 heavy (non-hydrogen) atoms. The van der Waals surface area contributed by atoms with E-state index in [1.807, 2.05) is 52.0 Å². The van der Waals surface area contributed by atoms with Crippen LogP contribution in [0.5, 0.6) is 5.75 Å². The average molecular weight is 413 g/mol. The van der Waals surface area contributed by atoms with Crippen LogP contribution in [-0.4, -0.2) is 33.5 Å². The summed E-state index contributed by atoms with van der Waals surface area (Å²) in [6.07, 6.45) is 0. The average Bonchev–Trinajstić information content (AvgIpc) is 2.66. The molecule has 1 heterocycles. The van der Waals surface area contributed by atoms with Crippen LogP contribution in [0.4, 0.5) is 0 Å². The topological polar surface area (TPSA) is 70.4 Å². The highest BCUT2D eigenvalue weighted by Crippen LogP contribution is 2.27. The Bertz CT molecular complexity index is 1090. The number of carbonyl (C=O) groups is 1. The molecule has 0 fully saturated rings. The molecule has 0 spiro atoms. The van der Waals surface area contributed by atoms with Gasteiger partial charge in [-0.05, 0) is 52.0 Å². The SMILES string of the molecule is CCOc1ccccc1-n1c(SCC(=O)OC(C)(C)C)nc2ccccc2c1=O. The number of rotatable bonds is 6. The zero-order valence-corrected chi connectivity index (χ0v) is 17.8. The maximum atomic E-state index is 13.3. The van der Waals surface area contributed by atoms with E-state index in [9.17, 15) is 9.59 Å². The lowest BCUT2D eigenvalue weighted by Crippen LogP contribution is -2.26. The molecule has 0 N–H and O–H groups in total. The van der Waals surface area contributed by atoms with E-state index in [1.54, 1.807) is 24.3 Å². The summed E-state index contributed by atoms with van der Waals surface area (Å²) in [5.41, 5.74) is 0.378. The molecule has 1 aromatic heterocycles. The summed E-state index contributed by atoms with van der Waals surface area (Å²) in [7, 11) is 0. The molecule has 7 heteroatoms. The second-order valence-electron chi connectivity index (χ2n) is 7.33. The Labute approximate surface area is 173 Å². The van der Waals surface area contributed by atoms with Crippen LogP contribution in [0.1, 0.15) is 27.7 Å². The first-order valence-electron chi connectivity index (χ1n) is 9.39. The first-order valence-corrected chi connectivity index (χ1v) is 10.4. The normalized spacial score (nSPS) is 11.4. The van der Waals surface area contributed by atoms with Gasteiger partial charge in [0.2, 0.25) is 0 Å². The van der Waals surface area contributed by atoms with Gasteiger partial charge in [-0.1, -0.05) is 36.0 Å². The number of aromatic nitrogens is 2. The van der Waals surface area contributed by atoms with E-state index in [-0.39, 0.29) is 17.3 Å². The third-order valence-electron chi connectivity index (χ3n) is 3.89. The zero-order valence-electron chi connectivity index (χ0n) is 17.0. The summed E-state index contributed by atoms with van der Waals surface area (Å²) in [5.74, 6) is 0.252.